The Balaban J connectivity index is 1.99. The minimum Gasteiger partial charge on any atom is -0.490 e. The van der Waals surface area contributed by atoms with Crippen LogP contribution in [0.25, 0.3) is 0 Å². The average Bonchev–Trinajstić information content (AvgIpc) is 2.91. The van der Waals surface area contributed by atoms with Crippen LogP contribution in [0.3, 0.4) is 0 Å². The molecule has 0 saturated carbocycles. The van der Waals surface area contributed by atoms with Crippen molar-refractivity contribution in [1.29, 1.82) is 0 Å². The van der Waals surface area contributed by atoms with E-state index in [9.17, 15) is 10.1 Å². The first-order valence-corrected chi connectivity index (χ1v) is 6.72. The van der Waals surface area contributed by atoms with Gasteiger partial charge in [0.2, 0.25) is 0 Å². The van der Waals surface area contributed by atoms with Gasteiger partial charge in [0.15, 0.2) is 5.75 Å². The van der Waals surface area contributed by atoms with Gasteiger partial charge >= 0.3 is 5.69 Å². The SMILES string of the molecule is COc1cc(NCCc2ccsc2)ccc1[N+](=O)[O-]. The number of methoxy groups -OCH3 is 1. The van der Waals surface area contributed by atoms with Crippen LogP contribution < -0.4 is 10.1 Å². The van der Waals surface area contributed by atoms with Gasteiger partial charge in [-0.05, 0) is 34.9 Å². The minimum atomic E-state index is -0.450. The number of anilines is 1. The molecule has 5 nitrogen and oxygen atoms in total. The summed E-state index contributed by atoms with van der Waals surface area (Å²) < 4.78 is 5.02. The van der Waals surface area contributed by atoms with Crippen molar-refractivity contribution in [2.24, 2.45) is 0 Å². The summed E-state index contributed by atoms with van der Waals surface area (Å²) in [6.07, 6.45) is 0.919. The van der Waals surface area contributed by atoms with Crippen molar-refractivity contribution >= 4 is 22.7 Å². The van der Waals surface area contributed by atoms with Gasteiger partial charge in [0, 0.05) is 24.4 Å². The standard InChI is InChI=1S/C13H14N2O3S/c1-18-13-8-11(2-3-12(13)15(16)17)14-6-4-10-5-7-19-9-10/h2-3,5,7-9,14H,4,6H2,1H3. The first-order chi connectivity index (χ1) is 9.20. The Labute approximate surface area is 115 Å². The Morgan fingerprint density at radius 1 is 1.42 bits per heavy atom. The number of nitrogens with one attached hydrogen (secondary N) is 1. The fourth-order valence-electron chi connectivity index (χ4n) is 1.72. The molecule has 1 aromatic carbocycles. The third kappa shape index (κ3) is 3.45. The van der Waals surface area contributed by atoms with Crippen molar-refractivity contribution in [3.63, 3.8) is 0 Å². The van der Waals surface area contributed by atoms with Gasteiger partial charge < -0.3 is 10.1 Å². The molecule has 0 aliphatic rings. The molecule has 0 aliphatic carbocycles. The second-order valence-corrected chi connectivity index (χ2v) is 4.73. The number of hydrogen-bond acceptors (Lipinski definition) is 5. The second kappa shape index (κ2) is 6.19. The minimum absolute atomic E-state index is 0.0223. The number of rotatable bonds is 6. The summed E-state index contributed by atoms with van der Waals surface area (Å²) in [5, 5.41) is 18.1. The number of ether oxygens (including phenoxy) is 1. The lowest BCUT2D eigenvalue weighted by atomic mass is 10.2. The maximum atomic E-state index is 10.8. The van der Waals surface area contributed by atoms with E-state index >= 15 is 0 Å². The van der Waals surface area contributed by atoms with Crippen LogP contribution in [-0.2, 0) is 6.42 Å². The fourth-order valence-corrected chi connectivity index (χ4v) is 2.43. The molecule has 1 heterocycles. The Hall–Kier alpha value is -2.08. The van der Waals surface area contributed by atoms with Gasteiger partial charge in [-0.15, -0.1) is 0 Å². The van der Waals surface area contributed by atoms with Gasteiger partial charge in [0.05, 0.1) is 12.0 Å². The van der Waals surface area contributed by atoms with Crippen LogP contribution in [0.1, 0.15) is 5.56 Å². The van der Waals surface area contributed by atoms with Gasteiger partial charge in [0.1, 0.15) is 0 Å². The molecule has 6 heteroatoms. The van der Waals surface area contributed by atoms with Gasteiger partial charge in [-0.25, -0.2) is 0 Å². The van der Waals surface area contributed by atoms with E-state index in [1.54, 1.807) is 23.5 Å². The predicted molar refractivity (Wildman–Crippen MR) is 76.2 cm³/mol. The van der Waals surface area contributed by atoms with E-state index in [1.165, 1.54) is 18.7 Å². The molecule has 2 rings (SSSR count). The van der Waals surface area contributed by atoms with Crippen molar-refractivity contribution < 1.29 is 9.66 Å². The third-order valence-corrected chi connectivity index (χ3v) is 3.43. The van der Waals surface area contributed by atoms with Crippen LogP contribution in [-0.4, -0.2) is 18.6 Å². The highest BCUT2D eigenvalue weighted by atomic mass is 32.1. The highest BCUT2D eigenvalue weighted by Gasteiger charge is 2.14. The van der Waals surface area contributed by atoms with E-state index in [4.69, 9.17) is 4.74 Å². The molecule has 0 fully saturated rings. The highest BCUT2D eigenvalue weighted by molar-refractivity contribution is 7.07. The number of hydrogen-bond donors (Lipinski definition) is 1. The first-order valence-electron chi connectivity index (χ1n) is 5.78. The Morgan fingerprint density at radius 3 is 2.89 bits per heavy atom. The molecule has 0 saturated heterocycles. The molecular weight excluding hydrogens is 264 g/mol. The van der Waals surface area contributed by atoms with Crippen LogP contribution in [0.2, 0.25) is 0 Å². The van der Waals surface area contributed by atoms with Gasteiger partial charge in [-0.3, -0.25) is 10.1 Å². The molecule has 0 spiro atoms. The molecule has 0 radical (unpaired) electrons. The summed E-state index contributed by atoms with van der Waals surface area (Å²) >= 11 is 1.67. The number of nitrogens with zero attached hydrogens (tertiary/aromatic N) is 1. The summed E-state index contributed by atoms with van der Waals surface area (Å²) in [6.45, 7) is 0.775. The fraction of sp³-hybridized carbons (Fsp3) is 0.231. The molecule has 2 aromatic rings. The van der Waals surface area contributed by atoms with Gasteiger partial charge in [-0.1, -0.05) is 0 Å². The molecule has 100 valence electrons. The molecule has 1 N–H and O–H groups in total. The largest absolute Gasteiger partial charge is 0.490 e. The molecule has 0 atom stereocenters. The van der Waals surface area contributed by atoms with E-state index in [-0.39, 0.29) is 11.4 Å². The molecule has 1 aromatic heterocycles. The lowest BCUT2D eigenvalue weighted by Gasteiger charge is -2.08. The summed E-state index contributed by atoms with van der Waals surface area (Å²) in [5.74, 6) is 0.269. The summed E-state index contributed by atoms with van der Waals surface area (Å²) in [4.78, 5) is 10.3. The lowest BCUT2D eigenvalue weighted by molar-refractivity contribution is -0.385. The molecule has 0 bridgehead atoms. The number of nitro benzene ring substituents is 1. The van der Waals surface area contributed by atoms with E-state index < -0.39 is 4.92 Å². The van der Waals surface area contributed by atoms with Gasteiger partial charge in [-0.2, -0.15) is 11.3 Å². The van der Waals surface area contributed by atoms with E-state index in [0.717, 1.165) is 18.7 Å². The van der Waals surface area contributed by atoms with Crippen LogP contribution in [0.5, 0.6) is 5.75 Å². The lowest BCUT2D eigenvalue weighted by Crippen LogP contribution is -2.04. The second-order valence-electron chi connectivity index (χ2n) is 3.95. The Bertz CT molecular complexity index is 555. The van der Waals surface area contributed by atoms with Crippen molar-refractivity contribution in [3.05, 3.63) is 50.7 Å². The molecule has 0 aliphatic heterocycles. The molecule has 0 unspecified atom stereocenters. The van der Waals surface area contributed by atoms with Crippen molar-refractivity contribution in [1.82, 2.24) is 0 Å². The quantitative estimate of drug-likeness (QED) is 0.650. The van der Waals surface area contributed by atoms with E-state index in [0.29, 0.717) is 0 Å². The molecule has 19 heavy (non-hydrogen) atoms. The zero-order valence-electron chi connectivity index (χ0n) is 10.5. The summed E-state index contributed by atoms with van der Waals surface area (Å²) in [5.41, 5.74) is 2.08. The maximum Gasteiger partial charge on any atom is 0.311 e. The maximum absolute atomic E-state index is 10.8. The van der Waals surface area contributed by atoms with Crippen molar-refractivity contribution in [2.75, 3.05) is 19.0 Å². The monoisotopic (exact) mass is 278 g/mol. The summed E-state index contributed by atoms with van der Waals surface area (Å²) in [6, 6.07) is 6.87. The number of benzene rings is 1. The average molecular weight is 278 g/mol. The molecule has 0 amide bonds. The Morgan fingerprint density at radius 2 is 2.26 bits per heavy atom. The van der Waals surface area contributed by atoms with Crippen LogP contribution in [0, 0.1) is 10.1 Å². The molecular formula is C13H14N2O3S. The zero-order chi connectivity index (χ0) is 13.7. The first kappa shape index (κ1) is 13.4. The van der Waals surface area contributed by atoms with E-state index in [2.05, 4.69) is 16.8 Å². The van der Waals surface area contributed by atoms with Crippen molar-refractivity contribution in [2.45, 2.75) is 6.42 Å². The summed E-state index contributed by atoms with van der Waals surface area (Å²) in [7, 11) is 1.43. The van der Waals surface area contributed by atoms with Crippen LogP contribution >= 0.6 is 11.3 Å². The smallest absolute Gasteiger partial charge is 0.311 e. The van der Waals surface area contributed by atoms with Gasteiger partial charge in [0.25, 0.3) is 0 Å². The van der Waals surface area contributed by atoms with Crippen LogP contribution in [0.15, 0.2) is 35.0 Å². The number of nitro groups is 1. The third-order valence-electron chi connectivity index (χ3n) is 2.70. The Kier molecular flexibility index (Phi) is 4.35. The highest BCUT2D eigenvalue weighted by Crippen LogP contribution is 2.29. The predicted octanol–water partition coefficient (Wildman–Crippen LogP) is 3.32. The van der Waals surface area contributed by atoms with Crippen LogP contribution in [0.4, 0.5) is 11.4 Å². The topological polar surface area (TPSA) is 64.4 Å². The van der Waals surface area contributed by atoms with E-state index in [1.807, 2.05) is 5.38 Å². The normalized spacial score (nSPS) is 10.2. The number of thiophene rings is 1. The van der Waals surface area contributed by atoms with Crippen molar-refractivity contribution in [3.8, 4) is 5.75 Å². The zero-order valence-corrected chi connectivity index (χ0v) is 11.3.